The van der Waals surface area contributed by atoms with Crippen molar-refractivity contribution in [3.05, 3.63) is 24.0 Å². The van der Waals surface area contributed by atoms with Gasteiger partial charge in [-0.15, -0.1) is 0 Å². The van der Waals surface area contributed by atoms with E-state index in [1.807, 2.05) is 12.1 Å². The zero-order valence-electron chi connectivity index (χ0n) is 9.48. The molecular weight excluding hydrogens is 190 g/mol. The van der Waals surface area contributed by atoms with Crippen molar-refractivity contribution in [1.29, 1.82) is 0 Å². The average Bonchev–Trinajstić information content (AvgIpc) is 2.57. The second-order valence-corrected chi connectivity index (χ2v) is 4.55. The third-order valence-corrected chi connectivity index (χ3v) is 2.28. The molecule has 0 atom stereocenters. The Morgan fingerprint density at radius 1 is 1.27 bits per heavy atom. The van der Waals surface area contributed by atoms with Crippen molar-refractivity contribution in [2.75, 3.05) is 7.11 Å². The number of ether oxygens (including phenoxy) is 1. The maximum absolute atomic E-state index is 5.05. The largest absolute Gasteiger partial charge is 0.480 e. The van der Waals surface area contributed by atoms with Gasteiger partial charge in [0.2, 0.25) is 5.88 Å². The van der Waals surface area contributed by atoms with Crippen LogP contribution in [0.3, 0.4) is 0 Å². The molecule has 0 N–H and O–H groups in total. The third kappa shape index (κ3) is 1.79. The molecule has 2 heterocycles. The highest BCUT2D eigenvalue weighted by Gasteiger charge is 2.16. The zero-order chi connectivity index (χ0) is 11.1. The highest BCUT2D eigenvalue weighted by atomic mass is 16.5. The van der Waals surface area contributed by atoms with Crippen molar-refractivity contribution in [1.82, 2.24) is 14.6 Å². The summed E-state index contributed by atoms with van der Waals surface area (Å²) in [6.45, 7) is 6.40. The summed E-state index contributed by atoms with van der Waals surface area (Å²) in [5, 5.41) is 4.49. The van der Waals surface area contributed by atoms with Crippen molar-refractivity contribution in [2.45, 2.75) is 26.2 Å². The molecule has 2 rings (SSSR count). The normalized spacial score (nSPS) is 12.0. The van der Waals surface area contributed by atoms with Gasteiger partial charge in [0.15, 0.2) is 5.65 Å². The summed E-state index contributed by atoms with van der Waals surface area (Å²) in [4.78, 5) is 4.23. The van der Waals surface area contributed by atoms with Crippen molar-refractivity contribution in [3.8, 4) is 5.88 Å². The fraction of sp³-hybridized carbons (Fsp3) is 0.455. The smallest absolute Gasteiger partial charge is 0.234 e. The number of aromatic nitrogens is 3. The first kappa shape index (κ1) is 9.96. The van der Waals surface area contributed by atoms with Gasteiger partial charge in [0.1, 0.15) is 0 Å². The Balaban J connectivity index is 2.55. The summed E-state index contributed by atoms with van der Waals surface area (Å²) < 4.78 is 6.80. The van der Waals surface area contributed by atoms with Crippen LogP contribution in [0, 0.1) is 0 Å². The SMILES string of the molecule is COc1cn2nc(C(C)(C)C)ccc2n1. The molecule has 2 aromatic rings. The minimum atomic E-state index is 0.0473. The molecule has 0 saturated carbocycles. The third-order valence-electron chi connectivity index (χ3n) is 2.28. The number of hydrogen-bond donors (Lipinski definition) is 0. The van der Waals surface area contributed by atoms with Crippen LogP contribution < -0.4 is 4.74 Å². The van der Waals surface area contributed by atoms with E-state index >= 15 is 0 Å². The second-order valence-electron chi connectivity index (χ2n) is 4.55. The van der Waals surface area contributed by atoms with Gasteiger partial charge in [-0.2, -0.15) is 10.1 Å². The van der Waals surface area contributed by atoms with E-state index in [-0.39, 0.29) is 5.41 Å². The van der Waals surface area contributed by atoms with Gasteiger partial charge in [0, 0.05) is 5.41 Å². The monoisotopic (exact) mass is 205 g/mol. The minimum Gasteiger partial charge on any atom is -0.480 e. The summed E-state index contributed by atoms with van der Waals surface area (Å²) in [5.41, 5.74) is 1.89. The Labute approximate surface area is 88.9 Å². The minimum absolute atomic E-state index is 0.0473. The van der Waals surface area contributed by atoms with E-state index in [0.717, 1.165) is 11.3 Å². The predicted octanol–water partition coefficient (Wildman–Crippen LogP) is 2.04. The quantitative estimate of drug-likeness (QED) is 0.715. The van der Waals surface area contributed by atoms with Gasteiger partial charge in [-0.1, -0.05) is 20.8 Å². The zero-order valence-corrected chi connectivity index (χ0v) is 9.48. The molecule has 0 amide bonds. The highest BCUT2D eigenvalue weighted by molar-refractivity contribution is 5.40. The van der Waals surface area contributed by atoms with Crippen LogP contribution in [0.5, 0.6) is 5.88 Å². The van der Waals surface area contributed by atoms with Crippen LogP contribution >= 0.6 is 0 Å². The molecule has 0 saturated heterocycles. The van der Waals surface area contributed by atoms with Crippen LogP contribution in [0.2, 0.25) is 0 Å². The molecule has 80 valence electrons. The lowest BCUT2D eigenvalue weighted by Crippen LogP contribution is -2.15. The number of fused-ring (bicyclic) bond motifs is 1. The van der Waals surface area contributed by atoms with Gasteiger partial charge in [-0.05, 0) is 12.1 Å². The molecule has 0 bridgehead atoms. The van der Waals surface area contributed by atoms with Crippen molar-refractivity contribution in [3.63, 3.8) is 0 Å². The first-order chi connectivity index (χ1) is 7.00. The Kier molecular flexibility index (Phi) is 2.14. The Bertz CT molecular complexity index is 482. The Morgan fingerprint density at radius 2 is 2.00 bits per heavy atom. The fourth-order valence-electron chi connectivity index (χ4n) is 1.36. The molecular formula is C11H15N3O. The Morgan fingerprint density at radius 3 is 2.60 bits per heavy atom. The summed E-state index contributed by atoms with van der Waals surface area (Å²) >= 11 is 0. The van der Waals surface area contributed by atoms with Gasteiger partial charge in [0.05, 0.1) is 19.0 Å². The number of methoxy groups -OCH3 is 1. The van der Waals surface area contributed by atoms with Gasteiger partial charge in [-0.3, -0.25) is 0 Å². The van der Waals surface area contributed by atoms with Crippen LogP contribution in [0.25, 0.3) is 5.65 Å². The van der Waals surface area contributed by atoms with Gasteiger partial charge in [0.25, 0.3) is 0 Å². The lowest BCUT2D eigenvalue weighted by atomic mass is 9.92. The van der Waals surface area contributed by atoms with E-state index in [2.05, 4.69) is 30.9 Å². The van der Waals surface area contributed by atoms with Gasteiger partial charge < -0.3 is 4.74 Å². The molecule has 4 heteroatoms. The average molecular weight is 205 g/mol. The molecule has 0 unspecified atom stereocenters. The number of rotatable bonds is 1. The number of nitrogens with zero attached hydrogens (tertiary/aromatic N) is 3. The molecule has 0 radical (unpaired) electrons. The van der Waals surface area contributed by atoms with E-state index in [0.29, 0.717) is 5.88 Å². The molecule has 2 aromatic heterocycles. The number of imidazole rings is 1. The van der Waals surface area contributed by atoms with E-state index in [9.17, 15) is 0 Å². The molecule has 0 aliphatic rings. The number of hydrogen-bond acceptors (Lipinski definition) is 3. The summed E-state index contributed by atoms with van der Waals surface area (Å²) in [6, 6.07) is 3.96. The second kappa shape index (κ2) is 3.22. The van der Waals surface area contributed by atoms with E-state index < -0.39 is 0 Å². The standard InChI is InChI=1S/C11H15N3O/c1-11(2,3)8-5-6-9-12-10(15-4)7-14(9)13-8/h5-7H,1-4H3. The Hall–Kier alpha value is -1.58. The maximum atomic E-state index is 5.05. The van der Waals surface area contributed by atoms with E-state index in [4.69, 9.17) is 4.74 Å². The van der Waals surface area contributed by atoms with Gasteiger partial charge >= 0.3 is 0 Å². The van der Waals surface area contributed by atoms with Crippen LogP contribution in [-0.4, -0.2) is 21.7 Å². The predicted molar refractivity (Wildman–Crippen MR) is 58.2 cm³/mol. The molecule has 0 aliphatic carbocycles. The first-order valence-electron chi connectivity index (χ1n) is 4.91. The maximum Gasteiger partial charge on any atom is 0.234 e. The van der Waals surface area contributed by atoms with E-state index in [1.54, 1.807) is 17.8 Å². The van der Waals surface area contributed by atoms with Crippen molar-refractivity contribution in [2.24, 2.45) is 0 Å². The van der Waals surface area contributed by atoms with Crippen molar-refractivity contribution < 1.29 is 4.74 Å². The van der Waals surface area contributed by atoms with Crippen LogP contribution in [0.1, 0.15) is 26.5 Å². The summed E-state index contributed by atoms with van der Waals surface area (Å²) in [6.07, 6.45) is 1.78. The lowest BCUT2D eigenvalue weighted by molar-refractivity contribution is 0.400. The topological polar surface area (TPSA) is 39.4 Å². The van der Waals surface area contributed by atoms with Crippen molar-refractivity contribution >= 4 is 5.65 Å². The van der Waals surface area contributed by atoms with Crippen LogP contribution in [-0.2, 0) is 5.41 Å². The molecule has 0 spiro atoms. The molecule has 0 aliphatic heterocycles. The van der Waals surface area contributed by atoms with Crippen LogP contribution in [0.4, 0.5) is 0 Å². The fourth-order valence-corrected chi connectivity index (χ4v) is 1.36. The first-order valence-corrected chi connectivity index (χ1v) is 4.91. The molecule has 15 heavy (non-hydrogen) atoms. The summed E-state index contributed by atoms with van der Waals surface area (Å²) in [5.74, 6) is 0.591. The van der Waals surface area contributed by atoms with Crippen LogP contribution in [0.15, 0.2) is 18.3 Å². The molecule has 4 nitrogen and oxygen atoms in total. The molecule has 0 aromatic carbocycles. The molecule has 0 fully saturated rings. The van der Waals surface area contributed by atoms with Gasteiger partial charge in [-0.25, -0.2) is 4.52 Å². The highest BCUT2D eigenvalue weighted by Crippen LogP contribution is 2.20. The summed E-state index contributed by atoms with van der Waals surface area (Å²) in [7, 11) is 1.60. The van der Waals surface area contributed by atoms with E-state index in [1.165, 1.54) is 0 Å². The lowest BCUT2D eigenvalue weighted by Gasteiger charge is -2.16.